The molecule has 0 aliphatic carbocycles. The second-order valence-corrected chi connectivity index (χ2v) is 10.7. The number of sulfonamides is 1. The van der Waals surface area contributed by atoms with Gasteiger partial charge in [-0.1, -0.05) is 29.8 Å². The van der Waals surface area contributed by atoms with E-state index in [1.165, 1.54) is 10.4 Å². The summed E-state index contributed by atoms with van der Waals surface area (Å²) in [5, 5.41) is 0.840. The molecule has 0 unspecified atom stereocenters. The number of methoxy groups -OCH3 is 1. The fourth-order valence-corrected chi connectivity index (χ4v) is 6.13. The number of aromatic nitrogens is 3. The van der Waals surface area contributed by atoms with E-state index in [1.807, 2.05) is 25.1 Å². The summed E-state index contributed by atoms with van der Waals surface area (Å²) in [7, 11) is -2.46. The molecule has 0 amide bonds. The maximum atomic E-state index is 13.9. The number of nitrogens with zero attached hydrogens (tertiary/aromatic N) is 3. The van der Waals surface area contributed by atoms with Gasteiger partial charge in [-0.2, -0.15) is 13.1 Å². The minimum Gasteiger partial charge on any atom is -0.497 e. The summed E-state index contributed by atoms with van der Waals surface area (Å²) in [6.07, 6.45) is 0. The molecule has 0 aliphatic heterocycles. The fraction of sp³-hybridized carbons (Fsp3) is 0.160. The molecule has 5 aromatic rings. The first-order valence-electron chi connectivity index (χ1n) is 10.8. The molecule has 5 rings (SSSR count). The molecule has 0 saturated carbocycles. The van der Waals surface area contributed by atoms with Gasteiger partial charge in [-0.3, -0.25) is 4.79 Å². The third-order valence-corrected chi connectivity index (χ3v) is 8.17. The molecule has 0 saturated heterocycles. The van der Waals surface area contributed by atoms with Crippen LogP contribution in [-0.4, -0.2) is 33.6 Å². The fourth-order valence-electron chi connectivity index (χ4n) is 3.97. The predicted octanol–water partition coefficient (Wildman–Crippen LogP) is 4.24. The molecule has 0 fully saturated rings. The number of aromatic amines is 1. The van der Waals surface area contributed by atoms with Gasteiger partial charge in [0.1, 0.15) is 21.7 Å². The van der Waals surface area contributed by atoms with Crippen molar-refractivity contribution in [1.82, 2.24) is 18.0 Å². The smallest absolute Gasteiger partial charge is 0.252 e. The predicted molar refractivity (Wildman–Crippen MR) is 136 cm³/mol. The van der Waals surface area contributed by atoms with E-state index < -0.39 is 10.0 Å². The Morgan fingerprint density at radius 1 is 1.00 bits per heavy atom. The number of fused-ring (bicyclic) bond motifs is 2. The van der Waals surface area contributed by atoms with E-state index in [4.69, 9.17) is 4.74 Å². The lowest BCUT2D eigenvalue weighted by atomic mass is 10.1. The van der Waals surface area contributed by atoms with Crippen molar-refractivity contribution in [3.63, 3.8) is 0 Å². The highest BCUT2D eigenvalue weighted by Gasteiger charge is 2.29. The summed E-state index contributed by atoms with van der Waals surface area (Å²) >= 11 is 0.960. The Hall–Kier alpha value is -3.60. The van der Waals surface area contributed by atoms with Crippen LogP contribution in [0.25, 0.3) is 21.9 Å². The Morgan fingerprint density at radius 3 is 2.57 bits per heavy atom. The van der Waals surface area contributed by atoms with Crippen molar-refractivity contribution in [1.29, 1.82) is 0 Å². The zero-order valence-electron chi connectivity index (χ0n) is 19.1. The van der Waals surface area contributed by atoms with Gasteiger partial charge in [-0.15, -0.1) is 0 Å². The zero-order chi connectivity index (χ0) is 24.6. The molecule has 0 atom stereocenters. The zero-order valence-corrected chi connectivity index (χ0v) is 20.7. The topological polar surface area (TPSA) is 105 Å². The Bertz CT molecular complexity index is 1690. The molecule has 2 heterocycles. The third-order valence-electron chi connectivity index (χ3n) is 5.81. The van der Waals surface area contributed by atoms with E-state index in [2.05, 4.69) is 13.7 Å². The van der Waals surface area contributed by atoms with Crippen molar-refractivity contribution in [2.24, 2.45) is 0 Å². The number of hydrogen-bond donors (Lipinski definition) is 1. The normalized spacial score (nSPS) is 12.0. The third kappa shape index (κ3) is 4.55. The molecule has 178 valence electrons. The molecule has 8 nitrogen and oxygen atoms in total. The van der Waals surface area contributed by atoms with Crippen LogP contribution in [0.3, 0.4) is 0 Å². The van der Waals surface area contributed by atoms with E-state index in [-0.39, 0.29) is 23.5 Å². The summed E-state index contributed by atoms with van der Waals surface area (Å²) in [6.45, 7) is 1.92. The first-order chi connectivity index (χ1) is 16.8. The summed E-state index contributed by atoms with van der Waals surface area (Å²) in [6, 6.07) is 19.5. The highest BCUT2D eigenvalue weighted by molar-refractivity contribution is 7.89. The molecule has 1 N–H and O–H groups in total. The maximum Gasteiger partial charge on any atom is 0.252 e. The number of rotatable bonds is 7. The van der Waals surface area contributed by atoms with Gasteiger partial charge in [0.2, 0.25) is 10.0 Å². The monoisotopic (exact) mass is 506 g/mol. The Morgan fingerprint density at radius 2 is 1.80 bits per heavy atom. The van der Waals surface area contributed by atoms with Crippen molar-refractivity contribution in [3.8, 4) is 5.75 Å². The number of H-pyrrole nitrogens is 1. The van der Waals surface area contributed by atoms with Gasteiger partial charge in [0.05, 0.1) is 18.8 Å². The van der Waals surface area contributed by atoms with Crippen LogP contribution >= 0.6 is 11.7 Å². The average molecular weight is 507 g/mol. The van der Waals surface area contributed by atoms with Crippen LogP contribution in [0.4, 0.5) is 0 Å². The molecule has 0 radical (unpaired) electrons. The molecular formula is C25H22N4O4S2. The number of aryl methyl sites for hydroxylation is 1. The summed E-state index contributed by atoms with van der Waals surface area (Å²) in [4.78, 5) is 15.8. The first kappa shape index (κ1) is 23.2. The Balaban J connectivity index is 1.61. The quantitative estimate of drug-likeness (QED) is 0.354. The molecule has 2 aromatic heterocycles. The van der Waals surface area contributed by atoms with Crippen molar-refractivity contribution >= 4 is 43.7 Å². The first-order valence-corrected chi connectivity index (χ1v) is 13.0. The van der Waals surface area contributed by atoms with Crippen molar-refractivity contribution in [2.45, 2.75) is 24.9 Å². The minimum atomic E-state index is -4.03. The number of hydrogen-bond acceptors (Lipinski definition) is 7. The van der Waals surface area contributed by atoms with Crippen molar-refractivity contribution in [2.75, 3.05) is 7.11 Å². The summed E-state index contributed by atoms with van der Waals surface area (Å²) < 4.78 is 42.8. The van der Waals surface area contributed by atoms with Gasteiger partial charge in [0.15, 0.2) is 0 Å². The van der Waals surface area contributed by atoms with Crippen LogP contribution in [-0.2, 0) is 23.1 Å². The van der Waals surface area contributed by atoms with E-state index in [0.29, 0.717) is 27.9 Å². The van der Waals surface area contributed by atoms with E-state index in [1.54, 1.807) is 49.6 Å². The molecule has 3 aromatic carbocycles. The van der Waals surface area contributed by atoms with E-state index in [0.717, 1.165) is 28.2 Å². The Labute approximate surface area is 206 Å². The summed E-state index contributed by atoms with van der Waals surface area (Å²) in [5.41, 5.74) is 3.35. The van der Waals surface area contributed by atoms with Gasteiger partial charge in [-0.05, 0) is 60.3 Å². The van der Waals surface area contributed by atoms with E-state index >= 15 is 0 Å². The highest BCUT2D eigenvalue weighted by Crippen LogP contribution is 2.27. The standard InChI is InChI=1S/C25H22N4O4S2/c1-16-6-11-21-18(12-16)13-19(25(30)26-21)15-29(14-17-7-9-20(33-2)10-8-17)35(31,32)23-5-3-4-22-24(23)28-34-27-22/h3-13H,14-15H2,1-2H3,(H,26,30). The molecule has 10 heteroatoms. The second-order valence-electron chi connectivity index (χ2n) is 8.22. The van der Waals surface area contributed by atoms with Gasteiger partial charge in [-0.25, -0.2) is 8.42 Å². The SMILES string of the molecule is COc1ccc(CN(Cc2cc3cc(C)ccc3[nH]c2=O)S(=O)(=O)c2cccc3nsnc23)cc1. The number of nitrogens with one attached hydrogen (secondary N) is 1. The second kappa shape index (κ2) is 9.21. The number of pyridine rings is 1. The van der Waals surface area contributed by atoms with Crippen molar-refractivity contribution < 1.29 is 13.2 Å². The van der Waals surface area contributed by atoms with E-state index in [9.17, 15) is 13.2 Å². The number of ether oxygens (including phenoxy) is 1. The molecule has 35 heavy (non-hydrogen) atoms. The van der Waals surface area contributed by atoms with Gasteiger partial charge >= 0.3 is 0 Å². The largest absolute Gasteiger partial charge is 0.497 e. The number of benzene rings is 3. The lowest BCUT2D eigenvalue weighted by Gasteiger charge is -2.22. The van der Waals surface area contributed by atoms with Gasteiger partial charge in [0.25, 0.3) is 5.56 Å². The van der Waals surface area contributed by atoms with Crippen LogP contribution in [0.15, 0.2) is 76.4 Å². The average Bonchev–Trinajstić information content (AvgIpc) is 3.33. The van der Waals surface area contributed by atoms with Crippen LogP contribution in [0.2, 0.25) is 0 Å². The van der Waals surface area contributed by atoms with Crippen LogP contribution in [0.1, 0.15) is 16.7 Å². The van der Waals surface area contributed by atoms with Gasteiger partial charge < -0.3 is 9.72 Å². The Kier molecular flexibility index (Phi) is 6.10. The molecule has 0 aliphatic rings. The van der Waals surface area contributed by atoms with Crippen molar-refractivity contribution in [3.05, 3.63) is 93.8 Å². The maximum absolute atomic E-state index is 13.9. The summed E-state index contributed by atoms with van der Waals surface area (Å²) in [5.74, 6) is 0.669. The molecule has 0 spiro atoms. The highest BCUT2D eigenvalue weighted by atomic mass is 32.2. The molecule has 0 bridgehead atoms. The van der Waals surface area contributed by atoms with Gasteiger partial charge in [0, 0.05) is 24.2 Å². The lowest BCUT2D eigenvalue weighted by molar-refractivity contribution is 0.398. The molecular weight excluding hydrogens is 484 g/mol. The van der Waals surface area contributed by atoms with Crippen LogP contribution < -0.4 is 10.3 Å². The lowest BCUT2D eigenvalue weighted by Crippen LogP contribution is -2.32. The van der Waals surface area contributed by atoms with Crippen LogP contribution in [0, 0.1) is 6.92 Å². The minimum absolute atomic E-state index is 0.0605. The van der Waals surface area contributed by atoms with Crippen LogP contribution in [0.5, 0.6) is 5.75 Å².